The molecule has 0 amide bonds. The number of aryl methyl sites for hydroxylation is 1. The van der Waals surface area contributed by atoms with Gasteiger partial charge < -0.3 is 5.32 Å². The summed E-state index contributed by atoms with van der Waals surface area (Å²) in [5, 5.41) is 4.28. The van der Waals surface area contributed by atoms with E-state index in [9.17, 15) is 0 Å². The average molecular weight is 301 g/mol. The number of hydrogen-bond donors (Lipinski definition) is 1. The molecule has 3 rings (SSSR count). The van der Waals surface area contributed by atoms with E-state index >= 15 is 0 Å². The van der Waals surface area contributed by atoms with Crippen LogP contribution in [0.1, 0.15) is 48.6 Å². The molecule has 1 aliphatic carbocycles. The predicted molar refractivity (Wildman–Crippen MR) is 87.8 cm³/mol. The summed E-state index contributed by atoms with van der Waals surface area (Å²) >= 11 is 6.33. The van der Waals surface area contributed by atoms with Gasteiger partial charge in [0.1, 0.15) is 0 Å². The Kier molecular flexibility index (Phi) is 4.27. The van der Waals surface area contributed by atoms with Crippen molar-refractivity contribution in [2.45, 2.75) is 45.2 Å². The summed E-state index contributed by atoms with van der Waals surface area (Å²) < 4.78 is 0. The van der Waals surface area contributed by atoms with E-state index in [1.165, 1.54) is 22.4 Å². The van der Waals surface area contributed by atoms with Crippen molar-refractivity contribution < 1.29 is 0 Å². The molecule has 1 atom stereocenters. The normalized spacial score (nSPS) is 17.2. The molecule has 0 aliphatic heterocycles. The molecular formula is C18H21ClN2. The molecule has 1 N–H and O–H groups in total. The lowest BCUT2D eigenvalue weighted by Crippen LogP contribution is -2.22. The molecule has 0 saturated heterocycles. The van der Waals surface area contributed by atoms with Crippen LogP contribution >= 0.6 is 11.6 Å². The van der Waals surface area contributed by atoms with Gasteiger partial charge in [-0.2, -0.15) is 0 Å². The second-order valence-corrected chi connectivity index (χ2v) is 6.43. The fourth-order valence-electron chi connectivity index (χ4n) is 3.00. The maximum atomic E-state index is 6.33. The zero-order valence-corrected chi connectivity index (χ0v) is 13.3. The molecule has 110 valence electrons. The van der Waals surface area contributed by atoms with Gasteiger partial charge in [0.2, 0.25) is 0 Å². The molecule has 1 heterocycles. The summed E-state index contributed by atoms with van der Waals surface area (Å²) in [6, 6.07) is 11.1. The van der Waals surface area contributed by atoms with E-state index in [0.29, 0.717) is 12.0 Å². The Morgan fingerprint density at radius 2 is 2.19 bits per heavy atom. The highest BCUT2D eigenvalue weighted by Gasteiger charge is 2.25. The van der Waals surface area contributed by atoms with Gasteiger partial charge >= 0.3 is 0 Å². The first-order valence-corrected chi connectivity index (χ1v) is 7.98. The summed E-state index contributed by atoms with van der Waals surface area (Å²) in [5.41, 5.74) is 5.13. The van der Waals surface area contributed by atoms with Gasteiger partial charge in [-0.15, -0.1) is 0 Å². The Labute approximate surface area is 131 Å². The lowest BCUT2D eigenvalue weighted by Gasteiger charge is -2.15. The highest BCUT2D eigenvalue weighted by molar-refractivity contribution is 6.31. The van der Waals surface area contributed by atoms with Crippen LogP contribution in [0.15, 0.2) is 36.5 Å². The van der Waals surface area contributed by atoms with Gasteiger partial charge in [0.15, 0.2) is 0 Å². The standard InChI is InChI=1S/C18H21ClN2/c1-12(2)21-11-15-10-14(6-8-17(15)19)16-7-5-13-4-3-9-20-18(13)16/h3-4,6,8-10,12,16,21H,5,7,11H2,1-2H3. The van der Waals surface area contributed by atoms with Gasteiger partial charge in [0.05, 0.1) is 5.69 Å². The maximum Gasteiger partial charge on any atom is 0.0510 e. The summed E-state index contributed by atoms with van der Waals surface area (Å²) in [5.74, 6) is 0.413. The molecule has 0 fully saturated rings. The second-order valence-electron chi connectivity index (χ2n) is 6.03. The third kappa shape index (κ3) is 3.12. The van der Waals surface area contributed by atoms with Crippen LogP contribution in [0.2, 0.25) is 5.02 Å². The minimum absolute atomic E-state index is 0.413. The van der Waals surface area contributed by atoms with E-state index in [1.807, 2.05) is 18.3 Å². The Bertz CT molecular complexity index is 637. The van der Waals surface area contributed by atoms with Gasteiger partial charge in [0.25, 0.3) is 0 Å². The third-order valence-corrected chi connectivity index (χ3v) is 4.50. The zero-order chi connectivity index (χ0) is 14.8. The monoisotopic (exact) mass is 300 g/mol. The van der Waals surface area contributed by atoms with E-state index in [2.05, 4.69) is 42.3 Å². The van der Waals surface area contributed by atoms with Crippen LogP contribution in [0, 0.1) is 0 Å². The van der Waals surface area contributed by atoms with Crippen molar-refractivity contribution in [1.29, 1.82) is 0 Å². The molecule has 21 heavy (non-hydrogen) atoms. The molecule has 2 nitrogen and oxygen atoms in total. The molecule has 0 bridgehead atoms. The lowest BCUT2D eigenvalue weighted by molar-refractivity contribution is 0.588. The largest absolute Gasteiger partial charge is 0.310 e. The first-order chi connectivity index (χ1) is 10.1. The van der Waals surface area contributed by atoms with Crippen molar-refractivity contribution in [3.05, 3.63) is 63.9 Å². The van der Waals surface area contributed by atoms with Gasteiger partial charge in [0, 0.05) is 29.7 Å². The van der Waals surface area contributed by atoms with Gasteiger partial charge in [-0.1, -0.05) is 43.6 Å². The van der Waals surface area contributed by atoms with E-state index < -0.39 is 0 Å². The van der Waals surface area contributed by atoms with Gasteiger partial charge in [-0.05, 0) is 41.7 Å². The van der Waals surface area contributed by atoms with Gasteiger partial charge in [-0.3, -0.25) is 4.98 Å². The number of hydrogen-bond acceptors (Lipinski definition) is 2. The lowest BCUT2D eigenvalue weighted by atomic mass is 9.95. The van der Waals surface area contributed by atoms with Crippen molar-refractivity contribution in [3.8, 4) is 0 Å². The predicted octanol–water partition coefficient (Wildman–Crippen LogP) is 4.31. The van der Waals surface area contributed by atoms with Crippen LogP contribution in [-0.4, -0.2) is 11.0 Å². The number of halogens is 1. The second kappa shape index (κ2) is 6.17. The van der Waals surface area contributed by atoms with Crippen LogP contribution in [0.25, 0.3) is 0 Å². The van der Waals surface area contributed by atoms with Gasteiger partial charge in [-0.25, -0.2) is 0 Å². The summed E-state index contributed by atoms with van der Waals surface area (Å²) in [4.78, 5) is 4.59. The number of nitrogens with zero attached hydrogens (tertiary/aromatic N) is 1. The highest BCUT2D eigenvalue weighted by atomic mass is 35.5. The Morgan fingerprint density at radius 3 is 3.00 bits per heavy atom. The Morgan fingerprint density at radius 1 is 1.33 bits per heavy atom. The first kappa shape index (κ1) is 14.6. The van der Waals surface area contributed by atoms with Crippen molar-refractivity contribution >= 4 is 11.6 Å². The summed E-state index contributed by atoms with van der Waals surface area (Å²) in [6.07, 6.45) is 4.16. The molecule has 1 aromatic carbocycles. The molecule has 0 saturated carbocycles. The van der Waals surface area contributed by atoms with Crippen LogP contribution < -0.4 is 5.32 Å². The van der Waals surface area contributed by atoms with Crippen molar-refractivity contribution in [3.63, 3.8) is 0 Å². The highest BCUT2D eigenvalue weighted by Crippen LogP contribution is 2.37. The molecule has 0 spiro atoms. The quantitative estimate of drug-likeness (QED) is 0.910. The van der Waals surface area contributed by atoms with E-state index in [-0.39, 0.29) is 0 Å². The van der Waals surface area contributed by atoms with Crippen LogP contribution in [0.3, 0.4) is 0 Å². The SMILES string of the molecule is CC(C)NCc1cc(C2CCc3cccnc32)ccc1Cl. The molecule has 1 unspecified atom stereocenters. The molecule has 1 aliphatic rings. The minimum Gasteiger partial charge on any atom is -0.310 e. The fraction of sp³-hybridized carbons (Fsp3) is 0.389. The molecule has 0 radical (unpaired) electrons. The first-order valence-electron chi connectivity index (χ1n) is 7.60. The van der Waals surface area contributed by atoms with Crippen molar-refractivity contribution in [1.82, 2.24) is 10.3 Å². The molecule has 1 aromatic heterocycles. The topological polar surface area (TPSA) is 24.9 Å². The zero-order valence-electron chi connectivity index (χ0n) is 12.6. The third-order valence-electron chi connectivity index (χ3n) is 4.13. The fourth-order valence-corrected chi connectivity index (χ4v) is 3.18. The summed E-state index contributed by atoms with van der Waals surface area (Å²) in [6.45, 7) is 5.11. The van der Waals surface area contributed by atoms with Crippen molar-refractivity contribution in [2.24, 2.45) is 0 Å². The molecular weight excluding hydrogens is 280 g/mol. The number of nitrogens with one attached hydrogen (secondary N) is 1. The Balaban J connectivity index is 1.88. The smallest absolute Gasteiger partial charge is 0.0510 e. The number of pyridine rings is 1. The van der Waals surface area contributed by atoms with E-state index in [0.717, 1.165) is 24.4 Å². The number of rotatable bonds is 4. The number of fused-ring (bicyclic) bond motifs is 1. The molecule has 2 aromatic rings. The summed E-state index contributed by atoms with van der Waals surface area (Å²) in [7, 11) is 0. The number of aromatic nitrogens is 1. The maximum absolute atomic E-state index is 6.33. The molecule has 3 heteroatoms. The van der Waals surface area contributed by atoms with Crippen LogP contribution in [-0.2, 0) is 13.0 Å². The van der Waals surface area contributed by atoms with E-state index in [1.54, 1.807) is 0 Å². The van der Waals surface area contributed by atoms with E-state index in [4.69, 9.17) is 11.6 Å². The number of benzene rings is 1. The van der Waals surface area contributed by atoms with Crippen molar-refractivity contribution in [2.75, 3.05) is 0 Å². The Hall–Kier alpha value is -1.38. The average Bonchev–Trinajstić information content (AvgIpc) is 2.90. The van der Waals surface area contributed by atoms with Crippen LogP contribution in [0.4, 0.5) is 0 Å². The minimum atomic E-state index is 0.413. The van der Waals surface area contributed by atoms with Crippen LogP contribution in [0.5, 0.6) is 0 Å².